The van der Waals surface area contributed by atoms with E-state index in [4.69, 9.17) is 14.5 Å². The van der Waals surface area contributed by atoms with E-state index in [0.717, 1.165) is 59.3 Å². The molecular formula is C26H29N3O5S2. The first-order valence-electron chi connectivity index (χ1n) is 12.1. The number of fused-ring (bicyclic) bond motifs is 2. The van der Waals surface area contributed by atoms with Gasteiger partial charge in [0.25, 0.3) is 0 Å². The molecule has 1 fully saturated rings. The van der Waals surface area contributed by atoms with Gasteiger partial charge in [0, 0.05) is 23.2 Å². The Morgan fingerprint density at radius 1 is 1.03 bits per heavy atom. The second-order valence-electron chi connectivity index (χ2n) is 9.12. The van der Waals surface area contributed by atoms with Gasteiger partial charge in [0.2, 0.25) is 15.9 Å². The number of aromatic nitrogens is 1. The van der Waals surface area contributed by atoms with E-state index in [1.165, 1.54) is 23.9 Å². The maximum Gasteiger partial charge on any atom is 0.240 e. The van der Waals surface area contributed by atoms with E-state index in [1.54, 1.807) is 12.1 Å². The van der Waals surface area contributed by atoms with Crippen LogP contribution in [0.25, 0.3) is 10.9 Å². The average molecular weight is 528 g/mol. The summed E-state index contributed by atoms with van der Waals surface area (Å²) >= 11 is 1.35. The summed E-state index contributed by atoms with van der Waals surface area (Å²) in [5.74, 6) is 1.38. The molecule has 36 heavy (non-hydrogen) atoms. The van der Waals surface area contributed by atoms with Gasteiger partial charge >= 0.3 is 0 Å². The van der Waals surface area contributed by atoms with Gasteiger partial charge in [0.05, 0.1) is 16.2 Å². The van der Waals surface area contributed by atoms with Gasteiger partial charge < -0.3 is 14.8 Å². The Bertz CT molecular complexity index is 1370. The molecule has 2 aromatic carbocycles. The first kappa shape index (κ1) is 24.9. The zero-order valence-electron chi connectivity index (χ0n) is 20.1. The number of hydrogen-bond donors (Lipinski definition) is 2. The normalized spacial score (nSPS) is 16.1. The average Bonchev–Trinajstić information content (AvgIpc) is 2.87. The topological polar surface area (TPSA) is 107 Å². The van der Waals surface area contributed by atoms with Gasteiger partial charge in [-0.05, 0) is 61.7 Å². The molecule has 0 unspecified atom stereocenters. The SMILES string of the molecule is Cc1cc2cc3c(cc2nc1SCC(=O)Nc1ccc(S(=O)(=O)NC2CCCCC2)cc1)OCCO3. The van der Waals surface area contributed by atoms with Gasteiger partial charge in [0.1, 0.15) is 18.2 Å². The molecule has 1 aromatic heterocycles. The molecular weight excluding hydrogens is 498 g/mol. The fourth-order valence-corrected chi connectivity index (χ4v) is 6.60. The van der Waals surface area contributed by atoms with Gasteiger partial charge in [-0.3, -0.25) is 4.79 Å². The molecule has 3 aromatic rings. The molecule has 0 bridgehead atoms. The highest BCUT2D eigenvalue weighted by Crippen LogP contribution is 2.35. The molecule has 1 saturated carbocycles. The Balaban J connectivity index is 1.19. The van der Waals surface area contributed by atoms with E-state index >= 15 is 0 Å². The first-order valence-corrected chi connectivity index (χ1v) is 14.6. The predicted molar refractivity (Wildman–Crippen MR) is 140 cm³/mol. The molecule has 1 aliphatic heterocycles. The number of ether oxygens (including phenoxy) is 2. The molecule has 2 aliphatic rings. The first-order chi connectivity index (χ1) is 17.4. The van der Waals surface area contributed by atoms with Crippen LogP contribution in [-0.2, 0) is 14.8 Å². The van der Waals surface area contributed by atoms with Crippen LogP contribution in [0.1, 0.15) is 37.7 Å². The van der Waals surface area contributed by atoms with Crippen LogP contribution >= 0.6 is 11.8 Å². The van der Waals surface area contributed by atoms with Crippen LogP contribution in [0.2, 0.25) is 0 Å². The number of benzene rings is 2. The van der Waals surface area contributed by atoms with Gasteiger partial charge in [0.15, 0.2) is 11.5 Å². The lowest BCUT2D eigenvalue weighted by Gasteiger charge is -2.22. The lowest BCUT2D eigenvalue weighted by Crippen LogP contribution is -2.36. The quantitative estimate of drug-likeness (QED) is 0.431. The van der Waals surface area contributed by atoms with Crippen LogP contribution in [0.5, 0.6) is 11.5 Å². The number of thioether (sulfide) groups is 1. The van der Waals surface area contributed by atoms with Crippen molar-refractivity contribution in [2.45, 2.75) is 55.0 Å². The molecule has 10 heteroatoms. The Kier molecular flexibility index (Phi) is 7.36. The third-order valence-electron chi connectivity index (χ3n) is 6.34. The molecule has 0 saturated heterocycles. The highest BCUT2D eigenvalue weighted by Gasteiger charge is 2.22. The Morgan fingerprint density at radius 3 is 2.44 bits per heavy atom. The van der Waals surface area contributed by atoms with E-state index in [9.17, 15) is 13.2 Å². The van der Waals surface area contributed by atoms with Crippen molar-refractivity contribution < 1.29 is 22.7 Å². The zero-order chi connectivity index (χ0) is 25.1. The van der Waals surface area contributed by atoms with Crippen molar-refractivity contribution in [3.05, 3.63) is 48.0 Å². The smallest absolute Gasteiger partial charge is 0.240 e. The molecule has 1 amide bonds. The number of carbonyl (C=O) groups excluding carboxylic acids is 1. The fourth-order valence-electron chi connectivity index (χ4n) is 4.50. The van der Waals surface area contributed by atoms with Gasteiger partial charge in [-0.15, -0.1) is 0 Å². The zero-order valence-corrected chi connectivity index (χ0v) is 21.7. The van der Waals surface area contributed by atoms with Gasteiger partial charge in [-0.2, -0.15) is 0 Å². The van der Waals surface area contributed by atoms with Crippen molar-refractivity contribution in [3.63, 3.8) is 0 Å². The summed E-state index contributed by atoms with van der Waals surface area (Å²) in [6.45, 7) is 3.00. The number of hydrogen-bond acceptors (Lipinski definition) is 7. The monoisotopic (exact) mass is 527 g/mol. The van der Waals surface area contributed by atoms with E-state index in [0.29, 0.717) is 24.7 Å². The van der Waals surface area contributed by atoms with E-state index in [-0.39, 0.29) is 22.6 Å². The summed E-state index contributed by atoms with van der Waals surface area (Å²) in [5, 5.41) is 4.56. The number of anilines is 1. The third-order valence-corrected chi connectivity index (χ3v) is 8.97. The minimum atomic E-state index is -3.57. The summed E-state index contributed by atoms with van der Waals surface area (Å²) in [5.41, 5.74) is 2.30. The Labute approximate surface area is 215 Å². The van der Waals surface area contributed by atoms with Gasteiger partial charge in [-0.1, -0.05) is 31.0 Å². The number of sulfonamides is 1. The molecule has 1 aliphatic carbocycles. The highest BCUT2D eigenvalue weighted by atomic mass is 32.2. The second kappa shape index (κ2) is 10.7. The number of nitrogens with one attached hydrogen (secondary N) is 2. The summed E-state index contributed by atoms with van der Waals surface area (Å²) < 4.78 is 39.5. The molecule has 0 atom stereocenters. The van der Waals surface area contributed by atoms with Crippen LogP contribution in [0.3, 0.4) is 0 Å². The lowest BCUT2D eigenvalue weighted by atomic mass is 9.96. The number of rotatable bonds is 7. The predicted octanol–water partition coefficient (Wildman–Crippen LogP) is 4.66. The number of carbonyl (C=O) groups is 1. The van der Waals surface area contributed by atoms with Crippen molar-refractivity contribution in [1.29, 1.82) is 0 Å². The fraction of sp³-hybridized carbons (Fsp3) is 0.385. The molecule has 0 spiro atoms. The second-order valence-corrected chi connectivity index (χ2v) is 11.8. The number of aryl methyl sites for hydroxylation is 1. The standard InChI is InChI=1S/C26H29N3O5S2/c1-17-13-18-14-23-24(34-12-11-33-23)15-22(18)28-26(17)35-16-25(30)27-19-7-9-21(10-8-19)36(31,32)29-20-5-3-2-4-6-20/h7-10,13-15,20,29H,2-6,11-12,16H2,1H3,(H,27,30). The van der Waals surface area contributed by atoms with Crippen LogP contribution in [0, 0.1) is 6.92 Å². The van der Waals surface area contributed by atoms with Crippen LogP contribution in [0.4, 0.5) is 5.69 Å². The maximum atomic E-state index is 12.7. The number of nitrogens with zero attached hydrogens (tertiary/aromatic N) is 1. The van der Waals surface area contributed by atoms with Crippen molar-refractivity contribution >= 4 is 44.3 Å². The summed E-state index contributed by atoms with van der Waals surface area (Å²) in [6.07, 6.45) is 5.01. The van der Waals surface area contributed by atoms with Crippen molar-refractivity contribution in [3.8, 4) is 11.5 Å². The van der Waals surface area contributed by atoms with Crippen molar-refractivity contribution in [2.75, 3.05) is 24.3 Å². The Morgan fingerprint density at radius 2 is 1.72 bits per heavy atom. The molecule has 190 valence electrons. The van der Waals surface area contributed by atoms with Crippen LogP contribution < -0.4 is 19.5 Å². The Hall–Kier alpha value is -2.82. The van der Waals surface area contributed by atoms with E-state index < -0.39 is 10.0 Å². The number of amides is 1. The molecule has 5 rings (SSSR count). The summed E-state index contributed by atoms with van der Waals surface area (Å²) in [4.78, 5) is 17.5. The molecule has 2 N–H and O–H groups in total. The summed E-state index contributed by atoms with van der Waals surface area (Å²) in [7, 11) is -3.57. The van der Waals surface area contributed by atoms with Crippen LogP contribution in [0.15, 0.2) is 52.4 Å². The third kappa shape index (κ3) is 5.77. The van der Waals surface area contributed by atoms with Crippen molar-refractivity contribution in [2.24, 2.45) is 0 Å². The van der Waals surface area contributed by atoms with Crippen molar-refractivity contribution in [1.82, 2.24) is 9.71 Å². The molecule has 8 nitrogen and oxygen atoms in total. The minimum Gasteiger partial charge on any atom is -0.486 e. The van der Waals surface area contributed by atoms with Gasteiger partial charge in [-0.25, -0.2) is 18.1 Å². The van der Waals surface area contributed by atoms with E-state index in [2.05, 4.69) is 10.0 Å². The summed E-state index contributed by atoms with van der Waals surface area (Å²) in [6, 6.07) is 12.1. The van der Waals surface area contributed by atoms with E-state index in [1.807, 2.05) is 25.1 Å². The largest absolute Gasteiger partial charge is 0.486 e. The minimum absolute atomic E-state index is 0.00129. The lowest BCUT2D eigenvalue weighted by molar-refractivity contribution is -0.113. The van der Waals surface area contributed by atoms with Crippen LogP contribution in [-0.4, -0.2) is 44.3 Å². The molecule has 0 radical (unpaired) electrons. The maximum absolute atomic E-state index is 12.7. The molecule has 2 heterocycles. The highest BCUT2D eigenvalue weighted by molar-refractivity contribution is 8.00. The number of pyridine rings is 1.